The van der Waals surface area contributed by atoms with E-state index >= 15 is 0 Å². The van der Waals surface area contributed by atoms with E-state index in [1.165, 1.54) is 0 Å². The number of ether oxygens (including phenoxy) is 1. The van der Waals surface area contributed by atoms with Crippen molar-refractivity contribution in [3.05, 3.63) is 137 Å². The number of hydrogen-bond acceptors (Lipinski definition) is 10. The second-order valence-corrected chi connectivity index (χ2v) is 13.0. The summed E-state index contributed by atoms with van der Waals surface area (Å²) in [6.45, 7) is 6.38. The van der Waals surface area contributed by atoms with E-state index in [2.05, 4.69) is 56.8 Å². The van der Waals surface area contributed by atoms with Gasteiger partial charge in [0.15, 0.2) is 0 Å². The molecule has 262 valence electrons. The standard InChI is InChI=1S/C23H22N6O.C18H18ClN3/c1-30-20-11-6-8-17-21(20)27-23(28-22(17)26-15-16-7-4-5-12-24-16)29-14-13-25-18-9-2-3-10-19(18)29;1-12(2)20-18-15-8-3-4-9-16(15)21-17(22-18)11-13-6-5-7-14(19)10-13/h2-12,25H,13-15H2,1H3,(H,26,27,28);3-10,12H,11H2,1-2H3,(H,20,21,22). The Morgan fingerprint density at radius 3 is 2.46 bits per heavy atom. The number of nitrogens with one attached hydrogen (secondary N) is 3. The number of para-hydroxylation sites is 4. The minimum atomic E-state index is 0.317. The van der Waals surface area contributed by atoms with Crippen LogP contribution in [0.25, 0.3) is 21.8 Å². The fraction of sp³-hybridized carbons (Fsp3) is 0.195. The number of aromatic nitrogens is 5. The second-order valence-electron chi connectivity index (χ2n) is 12.6. The molecule has 4 heterocycles. The number of anilines is 5. The number of nitrogens with zero attached hydrogens (tertiary/aromatic N) is 6. The topological polar surface area (TPSA) is 113 Å². The first-order valence-electron chi connectivity index (χ1n) is 17.3. The van der Waals surface area contributed by atoms with Crippen molar-refractivity contribution in [2.24, 2.45) is 0 Å². The molecule has 0 spiro atoms. The Labute approximate surface area is 308 Å². The lowest BCUT2D eigenvalue weighted by Gasteiger charge is -2.30. The second kappa shape index (κ2) is 15.9. The molecule has 0 unspecified atom stereocenters. The molecule has 1 aliphatic rings. The Balaban J connectivity index is 0.000000170. The predicted octanol–water partition coefficient (Wildman–Crippen LogP) is 8.90. The van der Waals surface area contributed by atoms with E-state index in [1.807, 2.05) is 97.1 Å². The summed E-state index contributed by atoms with van der Waals surface area (Å²) in [5, 5.41) is 13.0. The molecule has 7 aromatic rings. The zero-order valence-corrected chi connectivity index (χ0v) is 30.1. The first kappa shape index (κ1) is 34.4. The summed E-state index contributed by atoms with van der Waals surface area (Å²) in [6, 6.07) is 36.2. The highest BCUT2D eigenvalue weighted by molar-refractivity contribution is 6.30. The highest BCUT2D eigenvalue weighted by Gasteiger charge is 2.22. The molecule has 0 amide bonds. The third kappa shape index (κ3) is 7.98. The predicted molar refractivity (Wildman–Crippen MR) is 212 cm³/mol. The van der Waals surface area contributed by atoms with Gasteiger partial charge in [0, 0.05) is 47.5 Å². The normalized spacial score (nSPS) is 12.1. The number of halogens is 1. The molecule has 0 saturated heterocycles. The summed E-state index contributed by atoms with van der Waals surface area (Å²) >= 11 is 6.05. The maximum Gasteiger partial charge on any atom is 0.232 e. The molecule has 0 radical (unpaired) electrons. The molecule has 3 N–H and O–H groups in total. The van der Waals surface area contributed by atoms with Gasteiger partial charge < -0.3 is 25.6 Å². The van der Waals surface area contributed by atoms with Crippen molar-refractivity contribution < 1.29 is 4.74 Å². The molecule has 0 saturated carbocycles. The van der Waals surface area contributed by atoms with Crippen molar-refractivity contribution in [2.75, 3.05) is 41.0 Å². The molecule has 0 atom stereocenters. The summed E-state index contributed by atoms with van der Waals surface area (Å²) in [6.07, 6.45) is 2.46. The van der Waals surface area contributed by atoms with Crippen LogP contribution in [0.2, 0.25) is 5.02 Å². The van der Waals surface area contributed by atoms with Gasteiger partial charge in [-0.15, -0.1) is 0 Å². The van der Waals surface area contributed by atoms with Crippen molar-refractivity contribution >= 4 is 62.4 Å². The highest BCUT2D eigenvalue weighted by Crippen LogP contribution is 2.36. The van der Waals surface area contributed by atoms with Gasteiger partial charge in [-0.25, -0.2) is 15.0 Å². The molecule has 3 aromatic heterocycles. The summed E-state index contributed by atoms with van der Waals surface area (Å²) in [4.78, 5) is 25.7. The quantitative estimate of drug-likeness (QED) is 0.134. The first-order chi connectivity index (χ1) is 25.4. The average Bonchev–Trinajstić information content (AvgIpc) is 3.17. The number of benzene rings is 4. The molecule has 1 aliphatic heterocycles. The lowest BCUT2D eigenvalue weighted by molar-refractivity contribution is 0.419. The maximum atomic E-state index is 6.05. The Morgan fingerprint density at radius 2 is 1.63 bits per heavy atom. The lowest BCUT2D eigenvalue weighted by atomic mass is 10.1. The van der Waals surface area contributed by atoms with E-state index in [0.717, 1.165) is 85.8 Å². The minimum absolute atomic E-state index is 0.317. The summed E-state index contributed by atoms with van der Waals surface area (Å²) in [5.74, 6) is 3.81. The van der Waals surface area contributed by atoms with Crippen LogP contribution in [-0.4, -0.2) is 51.2 Å². The Morgan fingerprint density at radius 1 is 0.827 bits per heavy atom. The van der Waals surface area contributed by atoms with Crippen molar-refractivity contribution in [3.8, 4) is 5.75 Å². The largest absolute Gasteiger partial charge is 0.494 e. The van der Waals surface area contributed by atoms with Crippen molar-refractivity contribution in [1.29, 1.82) is 0 Å². The Hall–Kier alpha value is -6.00. The van der Waals surface area contributed by atoms with Crippen LogP contribution in [0.5, 0.6) is 5.75 Å². The van der Waals surface area contributed by atoms with E-state index in [0.29, 0.717) is 25.0 Å². The van der Waals surface area contributed by atoms with Gasteiger partial charge in [0.25, 0.3) is 0 Å². The van der Waals surface area contributed by atoms with Crippen molar-refractivity contribution in [2.45, 2.75) is 32.9 Å². The van der Waals surface area contributed by atoms with Gasteiger partial charge >= 0.3 is 0 Å². The van der Waals surface area contributed by atoms with Crippen LogP contribution in [0.3, 0.4) is 0 Å². The average molecular weight is 710 g/mol. The molecular weight excluding hydrogens is 670 g/mol. The van der Waals surface area contributed by atoms with Gasteiger partial charge in [0.1, 0.15) is 28.7 Å². The highest BCUT2D eigenvalue weighted by atomic mass is 35.5. The minimum Gasteiger partial charge on any atom is -0.494 e. The van der Waals surface area contributed by atoms with Crippen LogP contribution < -0.4 is 25.6 Å². The molecule has 8 rings (SSSR count). The van der Waals surface area contributed by atoms with Crippen LogP contribution in [0.1, 0.15) is 30.9 Å². The fourth-order valence-electron chi connectivity index (χ4n) is 6.12. The van der Waals surface area contributed by atoms with Gasteiger partial charge in [0.2, 0.25) is 5.95 Å². The monoisotopic (exact) mass is 709 g/mol. The van der Waals surface area contributed by atoms with Crippen LogP contribution in [-0.2, 0) is 13.0 Å². The summed E-state index contributed by atoms with van der Waals surface area (Å²) in [5.41, 5.74) is 5.94. The smallest absolute Gasteiger partial charge is 0.232 e. The van der Waals surface area contributed by atoms with Gasteiger partial charge in [-0.1, -0.05) is 60.1 Å². The zero-order chi connectivity index (χ0) is 35.9. The van der Waals surface area contributed by atoms with Crippen molar-refractivity contribution in [3.63, 3.8) is 0 Å². The molecule has 10 nitrogen and oxygen atoms in total. The van der Waals surface area contributed by atoms with E-state index in [4.69, 9.17) is 31.3 Å². The van der Waals surface area contributed by atoms with E-state index in [9.17, 15) is 0 Å². The SMILES string of the molecule is CC(C)Nc1nc(Cc2cccc(Cl)c2)nc2ccccc12.COc1cccc2c(NCc3ccccn3)nc(N3CCNc4ccccc43)nc12. The van der Waals surface area contributed by atoms with Gasteiger partial charge in [-0.3, -0.25) is 4.98 Å². The van der Waals surface area contributed by atoms with Crippen molar-refractivity contribution in [1.82, 2.24) is 24.9 Å². The number of rotatable bonds is 9. The lowest BCUT2D eigenvalue weighted by Crippen LogP contribution is -2.31. The zero-order valence-electron chi connectivity index (χ0n) is 29.3. The third-order valence-corrected chi connectivity index (χ3v) is 8.71. The molecule has 0 aliphatic carbocycles. The third-order valence-electron chi connectivity index (χ3n) is 8.47. The molecule has 4 aromatic carbocycles. The summed E-state index contributed by atoms with van der Waals surface area (Å²) in [7, 11) is 1.66. The Kier molecular flexibility index (Phi) is 10.5. The number of pyridine rings is 1. The molecular formula is C41H40ClN9O. The molecule has 52 heavy (non-hydrogen) atoms. The maximum absolute atomic E-state index is 6.05. The van der Waals surface area contributed by atoms with Gasteiger partial charge in [-0.05, 0) is 80.1 Å². The molecule has 0 fully saturated rings. The van der Waals surface area contributed by atoms with Crippen LogP contribution in [0.4, 0.5) is 29.0 Å². The number of methoxy groups -OCH3 is 1. The van der Waals surface area contributed by atoms with E-state index in [-0.39, 0.29) is 0 Å². The Bertz CT molecular complexity index is 2300. The van der Waals surface area contributed by atoms with Crippen LogP contribution >= 0.6 is 11.6 Å². The number of fused-ring (bicyclic) bond motifs is 3. The van der Waals surface area contributed by atoms with E-state index in [1.54, 1.807) is 13.3 Å². The molecule has 11 heteroatoms. The molecule has 0 bridgehead atoms. The van der Waals surface area contributed by atoms with E-state index < -0.39 is 0 Å². The van der Waals surface area contributed by atoms with Crippen LogP contribution in [0.15, 0.2) is 115 Å². The van der Waals surface area contributed by atoms with Gasteiger partial charge in [-0.2, -0.15) is 4.98 Å². The van der Waals surface area contributed by atoms with Crippen LogP contribution in [0, 0.1) is 0 Å². The summed E-state index contributed by atoms with van der Waals surface area (Å²) < 4.78 is 5.60. The fourth-order valence-corrected chi connectivity index (χ4v) is 6.33. The van der Waals surface area contributed by atoms with Gasteiger partial charge in [0.05, 0.1) is 36.2 Å². The first-order valence-corrected chi connectivity index (χ1v) is 17.7. The number of hydrogen-bond donors (Lipinski definition) is 3.